The van der Waals surface area contributed by atoms with Gasteiger partial charge in [0.2, 0.25) is 5.91 Å². The Morgan fingerprint density at radius 2 is 1.97 bits per heavy atom. The van der Waals surface area contributed by atoms with Crippen molar-refractivity contribution in [3.63, 3.8) is 0 Å². The van der Waals surface area contributed by atoms with Crippen molar-refractivity contribution in [3.8, 4) is 0 Å². The predicted octanol–water partition coefficient (Wildman–Crippen LogP) is 4.03. The zero-order chi connectivity index (χ0) is 27.1. The fourth-order valence-corrected chi connectivity index (χ4v) is 7.74. The fraction of sp³-hybridized carbons (Fsp3) is 0.414. The van der Waals surface area contributed by atoms with Crippen molar-refractivity contribution in [2.45, 2.75) is 50.1 Å². The largest absolute Gasteiger partial charge is 0.477 e. The van der Waals surface area contributed by atoms with Crippen molar-refractivity contribution in [3.05, 3.63) is 71.3 Å². The molecule has 38 heavy (non-hydrogen) atoms. The third-order valence-electron chi connectivity index (χ3n) is 7.88. The molecule has 6 atom stereocenters. The highest BCUT2D eigenvalue weighted by molar-refractivity contribution is 8.03. The maximum absolute atomic E-state index is 13.0. The smallest absolute Gasteiger partial charge is 0.410 e. The summed E-state index contributed by atoms with van der Waals surface area (Å²) in [7, 11) is 0. The van der Waals surface area contributed by atoms with Gasteiger partial charge in [-0.15, -0.1) is 11.8 Å². The molecule has 3 heterocycles. The summed E-state index contributed by atoms with van der Waals surface area (Å²) in [6, 6.07) is 13.8. The van der Waals surface area contributed by atoms with E-state index in [1.165, 1.54) is 22.7 Å². The van der Waals surface area contributed by atoms with Crippen LogP contribution in [0.5, 0.6) is 0 Å². The predicted molar refractivity (Wildman–Crippen MR) is 145 cm³/mol. The number of carbonyl (C=O) groups excluding carboxylic acids is 2. The number of aliphatic hydroxyl groups is 1. The molecular formula is C29H32N2O6S. The van der Waals surface area contributed by atoms with Gasteiger partial charge in [-0.2, -0.15) is 0 Å². The Kier molecular flexibility index (Phi) is 7.24. The van der Waals surface area contributed by atoms with Crippen LogP contribution in [0.3, 0.4) is 0 Å². The van der Waals surface area contributed by atoms with Gasteiger partial charge < -0.3 is 24.7 Å². The van der Waals surface area contributed by atoms with Crippen LogP contribution in [0.1, 0.15) is 25.8 Å². The highest BCUT2D eigenvalue weighted by atomic mass is 32.2. The van der Waals surface area contributed by atoms with E-state index in [4.69, 9.17) is 4.74 Å². The molecule has 0 aliphatic carbocycles. The number of carbonyl (C=O) groups is 3. The Balaban J connectivity index is 1.41. The molecule has 0 unspecified atom stereocenters. The highest BCUT2D eigenvalue weighted by Crippen LogP contribution is 2.52. The van der Waals surface area contributed by atoms with Crippen LogP contribution >= 0.6 is 11.8 Å². The standard InChI is InChI=1S/C29H32N2O6S/c1-4-12-37-29(36)30-15-21(14-20(30)13-19-10-7-9-18-8-5-6-11-22(18)19)38-26-16(2)24-23(17(3)32)27(33)31(24)25(26)28(34)35/h4-11,16-17,20-21,23-24,32H,1,12-15H2,2-3H3,(H,34,35)/t16-,17-,20-,21+,23-,24-/m1/s1. The first-order chi connectivity index (χ1) is 18.2. The van der Waals surface area contributed by atoms with E-state index in [2.05, 4.69) is 30.8 Å². The molecule has 0 saturated carbocycles. The van der Waals surface area contributed by atoms with Crippen LogP contribution in [0.2, 0.25) is 0 Å². The maximum Gasteiger partial charge on any atom is 0.410 e. The van der Waals surface area contributed by atoms with Crippen molar-refractivity contribution in [2.24, 2.45) is 11.8 Å². The van der Waals surface area contributed by atoms with E-state index in [-0.39, 0.29) is 41.5 Å². The number of amides is 2. The van der Waals surface area contributed by atoms with Crippen molar-refractivity contribution >= 4 is 40.5 Å². The van der Waals surface area contributed by atoms with E-state index in [0.717, 1.165) is 16.3 Å². The van der Waals surface area contributed by atoms with Crippen molar-refractivity contribution in [1.29, 1.82) is 0 Å². The zero-order valence-corrected chi connectivity index (χ0v) is 22.3. The third-order valence-corrected chi connectivity index (χ3v) is 9.37. The van der Waals surface area contributed by atoms with Crippen molar-refractivity contribution in [1.82, 2.24) is 9.80 Å². The number of carboxylic acid groups (broad SMARTS) is 1. The molecule has 2 saturated heterocycles. The summed E-state index contributed by atoms with van der Waals surface area (Å²) in [5, 5.41) is 22.3. The van der Waals surface area contributed by atoms with E-state index in [1.54, 1.807) is 11.8 Å². The van der Waals surface area contributed by atoms with Gasteiger partial charge in [-0.3, -0.25) is 4.79 Å². The lowest BCUT2D eigenvalue weighted by Crippen LogP contribution is -2.63. The molecule has 200 valence electrons. The number of hydrogen-bond donors (Lipinski definition) is 2. The van der Waals surface area contributed by atoms with E-state index < -0.39 is 24.1 Å². The Hall–Kier alpha value is -3.30. The van der Waals surface area contributed by atoms with E-state index >= 15 is 0 Å². The minimum absolute atomic E-state index is 0.00712. The van der Waals surface area contributed by atoms with Crippen LogP contribution in [0, 0.1) is 11.8 Å². The molecule has 2 aromatic rings. The van der Waals surface area contributed by atoms with Crippen LogP contribution in [0.25, 0.3) is 10.8 Å². The minimum atomic E-state index is -1.15. The second-order valence-corrected chi connectivity index (χ2v) is 11.6. The molecule has 2 amide bonds. The van der Waals surface area contributed by atoms with Gasteiger partial charge in [-0.05, 0) is 36.1 Å². The van der Waals surface area contributed by atoms with Gasteiger partial charge in [0.05, 0.1) is 18.1 Å². The first-order valence-electron chi connectivity index (χ1n) is 12.9. The summed E-state index contributed by atoms with van der Waals surface area (Å²) in [5.74, 6) is -2.32. The van der Waals surface area contributed by atoms with Crippen LogP contribution < -0.4 is 0 Å². The number of ether oxygens (including phenoxy) is 1. The summed E-state index contributed by atoms with van der Waals surface area (Å²) in [4.78, 5) is 41.7. The lowest BCUT2D eigenvalue weighted by Gasteiger charge is -2.46. The quantitative estimate of drug-likeness (QED) is 0.387. The van der Waals surface area contributed by atoms with E-state index in [0.29, 0.717) is 24.3 Å². The average molecular weight is 537 g/mol. The molecule has 8 nitrogen and oxygen atoms in total. The number of nitrogens with zero attached hydrogens (tertiary/aromatic N) is 2. The number of aliphatic carboxylic acids is 1. The van der Waals surface area contributed by atoms with Gasteiger partial charge in [-0.25, -0.2) is 9.59 Å². The monoisotopic (exact) mass is 536 g/mol. The highest BCUT2D eigenvalue weighted by Gasteiger charge is 2.60. The van der Waals surface area contributed by atoms with Gasteiger partial charge in [0.1, 0.15) is 12.3 Å². The number of hydrogen-bond acceptors (Lipinski definition) is 6. The zero-order valence-electron chi connectivity index (χ0n) is 21.4. The number of aliphatic hydroxyl groups excluding tert-OH is 1. The number of benzene rings is 2. The molecule has 0 bridgehead atoms. The molecule has 5 rings (SSSR count). The number of β-lactam (4-membered cyclic amide) rings is 1. The van der Waals surface area contributed by atoms with Crippen LogP contribution in [0.4, 0.5) is 4.79 Å². The van der Waals surface area contributed by atoms with Gasteiger partial charge in [0.25, 0.3) is 0 Å². The minimum Gasteiger partial charge on any atom is -0.477 e. The van der Waals surface area contributed by atoms with Crippen LogP contribution in [0.15, 0.2) is 65.7 Å². The molecule has 3 aliphatic heterocycles. The van der Waals surface area contributed by atoms with E-state index in [9.17, 15) is 24.6 Å². The molecule has 0 aromatic heterocycles. The molecule has 3 aliphatic rings. The number of thioether (sulfide) groups is 1. The maximum atomic E-state index is 13.0. The first-order valence-corrected chi connectivity index (χ1v) is 13.8. The number of carboxylic acids is 1. The molecular weight excluding hydrogens is 504 g/mol. The lowest BCUT2D eigenvalue weighted by molar-refractivity contribution is -0.163. The normalized spacial score (nSPS) is 27.3. The summed E-state index contributed by atoms with van der Waals surface area (Å²) < 4.78 is 5.40. The first kappa shape index (κ1) is 26.3. The molecule has 2 fully saturated rings. The summed E-state index contributed by atoms with van der Waals surface area (Å²) in [6.45, 7) is 7.62. The summed E-state index contributed by atoms with van der Waals surface area (Å²) in [5.41, 5.74) is 1.14. The fourth-order valence-electron chi connectivity index (χ4n) is 6.17. The average Bonchev–Trinajstić information content (AvgIpc) is 3.39. The number of likely N-dealkylation sites (tertiary alicyclic amines) is 1. The topological polar surface area (TPSA) is 107 Å². The summed E-state index contributed by atoms with van der Waals surface area (Å²) in [6.07, 6.45) is 1.55. The second-order valence-electron chi connectivity index (χ2n) is 10.3. The Morgan fingerprint density at radius 1 is 1.24 bits per heavy atom. The Labute approximate surface area is 225 Å². The van der Waals surface area contributed by atoms with Crippen LogP contribution in [-0.2, 0) is 20.7 Å². The molecule has 0 spiro atoms. The Morgan fingerprint density at radius 3 is 2.68 bits per heavy atom. The molecule has 0 radical (unpaired) electrons. The SMILES string of the molecule is C=CCOC(=O)N1C[C@@H](SC2=C(C(=O)O)N3C(=O)[C@H]([C@@H](C)O)[C@H]3[C@H]2C)C[C@H]1Cc1cccc2ccccc12. The van der Waals surface area contributed by atoms with E-state index in [1.807, 2.05) is 25.1 Å². The molecule has 9 heteroatoms. The number of rotatable bonds is 8. The van der Waals surface area contributed by atoms with Crippen LogP contribution in [-0.4, -0.2) is 74.6 Å². The van der Waals surface area contributed by atoms with Gasteiger partial charge in [0.15, 0.2) is 0 Å². The molecule has 2 aromatic carbocycles. The summed E-state index contributed by atoms with van der Waals surface area (Å²) >= 11 is 1.44. The number of fused-ring (bicyclic) bond motifs is 2. The lowest BCUT2D eigenvalue weighted by atomic mass is 9.79. The van der Waals surface area contributed by atoms with Gasteiger partial charge >= 0.3 is 12.1 Å². The van der Waals surface area contributed by atoms with Gasteiger partial charge in [0, 0.05) is 28.7 Å². The molecule has 2 N–H and O–H groups in total. The third kappa shape index (κ3) is 4.47. The van der Waals surface area contributed by atoms with Crippen molar-refractivity contribution < 1.29 is 29.3 Å². The Bertz CT molecular complexity index is 1320. The second kappa shape index (κ2) is 10.5. The van der Waals surface area contributed by atoms with Gasteiger partial charge in [-0.1, -0.05) is 62.0 Å². The van der Waals surface area contributed by atoms with Crippen molar-refractivity contribution in [2.75, 3.05) is 13.2 Å².